The number of rotatable bonds is 6. The average molecular weight is 406 g/mol. The van der Waals surface area contributed by atoms with Crippen molar-refractivity contribution in [3.63, 3.8) is 0 Å². The van der Waals surface area contributed by atoms with E-state index in [1.807, 2.05) is 24.5 Å². The number of Topliss-reactive ketones (excluding diaryl/α,β-unsaturated/α-hetero) is 1. The van der Waals surface area contributed by atoms with Crippen LogP contribution in [0.4, 0.5) is 4.39 Å². The monoisotopic (exact) mass is 405 g/mol. The van der Waals surface area contributed by atoms with E-state index in [2.05, 4.69) is 0 Å². The van der Waals surface area contributed by atoms with Crippen LogP contribution in [-0.2, 0) is 6.54 Å². The number of carbonyl (C=O) groups excluding carboxylic acids is 1. The van der Waals surface area contributed by atoms with E-state index in [-0.39, 0.29) is 18.2 Å². The zero-order valence-corrected chi connectivity index (χ0v) is 16.4. The van der Waals surface area contributed by atoms with E-state index in [1.54, 1.807) is 30.3 Å². The molecule has 2 aromatic carbocycles. The number of ketones is 1. The van der Waals surface area contributed by atoms with Gasteiger partial charge in [-0.3, -0.25) is 4.79 Å². The third kappa shape index (κ3) is 4.52. The maximum Gasteiger partial charge on any atom is 0.202 e. The zero-order chi connectivity index (χ0) is 19.6. The molecule has 3 rings (SSSR count). The van der Waals surface area contributed by atoms with Crippen LogP contribution in [-0.4, -0.2) is 17.0 Å². The molecular weight excluding hydrogens is 388 g/mol. The first-order valence-corrected chi connectivity index (χ1v) is 9.13. The molecule has 0 saturated heterocycles. The molecule has 140 valence electrons. The summed E-state index contributed by atoms with van der Waals surface area (Å²) in [5.41, 5.74) is 3.37. The summed E-state index contributed by atoms with van der Waals surface area (Å²) in [4.78, 5) is 12.6. The Kier molecular flexibility index (Phi) is 5.88. The standard InChI is InChI=1S/C21H18Cl2FNO2/c1-13-9-18(14(2)25(13)11-15-3-5-16(24)6-4-15)21(26)12-27-17-7-8-19(22)20(23)10-17/h3-10H,11-12H2,1-2H3. The van der Waals surface area contributed by atoms with Gasteiger partial charge in [0.1, 0.15) is 11.6 Å². The van der Waals surface area contributed by atoms with Crippen molar-refractivity contribution in [1.29, 1.82) is 0 Å². The molecule has 0 bridgehead atoms. The minimum atomic E-state index is -0.269. The Labute approximate surface area is 167 Å². The summed E-state index contributed by atoms with van der Waals surface area (Å²) in [6.07, 6.45) is 0. The summed E-state index contributed by atoms with van der Waals surface area (Å²) in [6.45, 7) is 4.30. The molecule has 0 atom stereocenters. The van der Waals surface area contributed by atoms with Crippen LogP contribution >= 0.6 is 23.2 Å². The molecule has 3 nitrogen and oxygen atoms in total. The third-order valence-electron chi connectivity index (χ3n) is 4.39. The fourth-order valence-corrected chi connectivity index (χ4v) is 3.18. The second-order valence-corrected chi connectivity index (χ2v) is 7.10. The minimum Gasteiger partial charge on any atom is -0.485 e. The van der Waals surface area contributed by atoms with Gasteiger partial charge < -0.3 is 9.30 Å². The predicted octanol–water partition coefficient (Wildman–Crippen LogP) is 5.86. The fourth-order valence-electron chi connectivity index (χ4n) is 2.89. The molecule has 0 fully saturated rings. The highest BCUT2D eigenvalue weighted by Gasteiger charge is 2.16. The second kappa shape index (κ2) is 8.15. The van der Waals surface area contributed by atoms with Gasteiger partial charge in [0, 0.05) is 29.6 Å². The van der Waals surface area contributed by atoms with Crippen LogP contribution < -0.4 is 4.74 Å². The van der Waals surface area contributed by atoms with Gasteiger partial charge in [0.15, 0.2) is 6.61 Å². The maximum atomic E-state index is 13.1. The molecule has 27 heavy (non-hydrogen) atoms. The van der Waals surface area contributed by atoms with Crippen molar-refractivity contribution in [2.75, 3.05) is 6.61 Å². The molecule has 3 aromatic rings. The van der Waals surface area contributed by atoms with Crippen molar-refractivity contribution in [2.45, 2.75) is 20.4 Å². The van der Waals surface area contributed by atoms with E-state index in [1.165, 1.54) is 12.1 Å². The number of hydrogen-bond acceptors (Lipinski definition) is 2. The van der Waals surface area contributed by atoms with Gasteiger partial charge in [0.05, 0.1) is 10.0 Å². The number of benzene rings is 2. The van der Waals surface area contributed by atoms with Gasteiger partial charge in [-0.2, -0.15) is 0 Å². The van der Waals surface area contributed by atoms with Gasteiger partial charge >= 0.3 is 0 Å². The Morgan fingerprint density at radius 1 is 1.04 bits per heavy atom. The highest BCUT2D eigenvalue weighted by molar-refractivity contribution is 6.42. The van der Waals surface area contributed by atoms with Crippen molar-refractivity contribution in [1.82, 2.24) is 4.57 Å². The van der Waals surface area contributed by atoms with Crippen LogP contribution in [0.5, 0.6) is 5.75 Å². The lowest BCUT2D eigenvalue weighted by Gasteiger charge is -2.10. The quantitative estimate of drug-likeness (QED) is 0.480. The molecule has 6 heteroatoms. The van der Waals surface area contributed by atoms with E-state index in [4.69, 9.17) is 27.9 Å². The molecule has 0 amide bonds. The van der Waals surface area contributed by atoms with Gasteiger partial charge in [-0.25, -0.2) is 4.39 Å². The molecular formula is C21H18Cl2FNO2. The summed E-state index contributed by atoms with van der Waals surface area (Å²) in [7, 11) is 0. The molecule has 0 N–H and O–H groups in total. The molecule has 0 saturated carbocycles. The second-order valence-electron chi connectivity index (χ2n) is 6.29. The number of hydrogen-bond donors (Lipinski definition) is 0. The van der Waals surface area contributed by atoms with Crippen LogP contribution in [0.3, 0.4) is 0 Å². The predicted molar refractivity (Wildman–Crippen MR) is 106 cm³/mol. The lowest BCUT2D eigenvalue weighted by Crippen LogP contribution is -2.13. The first kappa shape index (κ1) is 19.5. The van der Waals surface area contributed by atoms with Gasteiger partial charge in [-0.15, -0.1) is 0 Å². The number of ether oxygens (including phenoxy) is 1. The summed E-state index contributed by atoms with van der Waals surface area (Å²) in [5.74, 6) is 0.0902. The third-order valence-corrected chi connectivity index (χ3v) is 5.13. The average Bonchev–Trinajstić information content (AvgIpc) is 2.92. The largest absolute Gasteiger partial charge is 0.485 e. The van der Waals surface area contributed by atoms with Crippen LogP contribution in [0.2, 0.25) is 10.0 Å². The van der Waals surface area contributed by atoms with Crippen LogP contribution in [0.15, 0.2) is 48.5 Å². The van der Waals surface area contributed by atoms with Crippen LogP contribution in [0.1, 0.15) is 27.3 Å². The topological polar surface area (TPSA) is 31.2 Å². The van der Waals surface area contributed by atoms with E-state index in [9.17, 15) is 9.18 Å². The molecule has 0 aliphatic carbocycles. The van der Waals surface area contributed by atoms with E-state index in [0.29, 0.717) is 27.9 Å². The summed E-state index contributed by atoms with van der Waals surface area (Å²) < 4.78 is 20.7. The van der Waals surface area contributed by atoms with Gasteiger partial charge in [-0.1, -0.05) is 35.3 Å². The molecule has 0 unspecified atom stereocenters. The lowest BCUT2D eigenvalue weighted by atomic mass is 10.1. The first-order chi connectivity index (χ1) is 12.8. The van der Waals surface area contributed by atoms with E-state index >= 15 is 0 Å². The molecule has 0 aliphatic heterocycles. The van der Waals surface area contributed by atoms with Crippen molar-refractivity contribution in [2.24, 2.45) is 0 Å². The SMILES string of the molecule is Cc1cc(C(=O)COc2ccc(Cl)c(Cl)c2)c(C)n1Cc1ccc(F)cc1. The fraction of sp³-hybridized carbons (Fsp3) is 0.190. The summed E-state index contributed by atoms with van der Waals surface area (Å²) in [5, 5.41) is 0.804. The zero-order valence-electron chi connectivity index (χ0n) is 14.9. The molecule has 1 aromatic heterocycles. The first-order valence-electron chi connectivity index (χ1n) is 8.37. The summed E-state index contributed by atoms with van der Waals surface area (Å²) >= 11 is 11.8. The number of carbonyl (C=O) groups is 1. The van der Waals surface area contributed by atoms with Crippen molar-refractivity contribution < 1.29 is 13.9 Å². The minimum absolute atomic E-state index is 0.0984. The van der Waals surface area contributed by atoms with Gasteiger partial charge in [0.25, 0.3) is 0 Å². The summed E-state index contributed by atoms with van der Waals surface area (Å²) in [6, 6.07) is 13.1. The van der Waals surface area contributed by atoms with Crippen LogP contribution in [0, 0.1) is 19.7 Å². The highest BCUT2D eigenvalue weighted by Crippen LogP contribution is 2.26. The Balaban J connectivity index is 1.73. The van der Waals surface area contributed by atoms with E-state index < -0.39 is 0 Å². The van der Waals surface area contributed by atoms with Crippen molar-refractivity contribution >= 4 is 29.0 Å². The lowest BCUT2D eigenvalue weighted by molar-refractivity contribution is 0.0921. The Hall–Kier alpha value is -2.30. The molecule has 0 radical (unpaired) electrons. The highest BCUT2D eigenvalue weighted by atomic mass is 35.5. The number of halogens is 3. The normalized spacial score (nSPS) is 10.9. The smallest absolute Gasteiger partial charge is 0.202 e. The Morgan fingerprint density at radius 3 is 2.41 bits per heavy atom. The number of aromatic nitrogens is 1. The molecule has 0 aliphatic rings. The molecule has 0 spiro atoms. The molecule has 1 heterocycles. The van der Waals surface area contributed by atoms with Crippen molar-refractivity contribution in [3.8, 4) is 5.75 Å². The number of aryl methyl sites for hydroxylation is 1. The van der Waals surface area contributed by atoms with E-state index in [0.717, 1.165) is 17.0 Å². The maximum absolute atomic E-state index is 13.1. The Bertz CT molecular complexity index is 981. The van der Waals surface area contributed by atoms with Gasteiger partial charge in [-0.05, 0) is 49.7 Å². The van der Waals surface area contributed by atoms with Crippen molar-refractivity contribution in [3.05, 3.63) is 86.9 Å². The van der Waals surface area contributed by atoms with Gasteiger partial charge in [0.2, 0.25) is 5.78 Å². The number of nitrogens with zero attached hydrogens (tertiary/aromatic N) is 1. The Morgan fingerprint density at radius 2 is 1.74 bits per heavy atom. The van der Waals surface area contributed by atoms with Crippen LogP contribution in [0.25, 0.3) is 0 Å².